The van der Waals surface area contributed by atoms with E-state index in [-0.39, 0.29) is 11.9 Å². The lowest BCUT2D eigenvalue weighted by molar-refractivity contribution is 0.0919. The predicted octanol–water partition coefficient (Wildman–Crippen LogP) is 1.85. The Morgan fingerprint density at radius 3 is 2.88 bits per heavy atom. The van der Waals surface area contributed by atoms with Crippen LogP contribution in [0, 0.1) is 0 Å². The fourth-order valence-corrected chi connectivity index (χ4v) is 1.65. The quantitative estimate of drug-likeness (QED) is 0.366. The molecule has 1 aromatic rings. The van der Waals surface area contributed by atoms with Crippen molar-refractivity contribution in [1.29, 1.82) is 0 Å². The molecule has 5 nitrogen and oxygen atoms in total. The summed E-state index contributed by atoms with van der Waals surface area (Å²) in [6, 6.07) is 5.07. The highest BCUT2D eigenvalue weighted by atomic mass is 35.5. The predicted molar refractivity (Wildman–Crippen MR) is 65.9 cm³/mol. The minimum absolute atomic E-state index is 0.0878. The summed E-state index contributed by atoms with van der Waals surface area (Å²) in [4.78, 5) is 0. The van der Waals surface area contributed by atoms with E-state index in [1.807, 2.05) is 6.92 Å². The molecular formula is C11H15ClN2O3. The van der Waals surface area contributed by atoms with Gasteiger partial charge in [0.05, 0.1) is 17.2 Å². The van der Waals surface area contributed by atoms with Crippen LogP contribution in [0.25, 0.3) is 0 Å². The van der Waals surface area contributed by atoms with Gasteiger partial charge in [-0.2, -0.15) is 0 Å². The van der Waals surface area contributed by atoms with Crippen molar-refractivity contribution in [2.45, 2.75) is 13.0 Å². The van der Waals surface area contributed by atoms with Crippen LogP contribution in [0.1, 0.15) is 12.5 Å². The number of amidine groups is 1. The van der Waals surface area contributed by atoms with Crippen LogP contribution in [0.4, 0.5) is 0 Å². The zero-order valence-electron chi connectivity index (χ0n) is 9.68. The molecule has 1 unspecified atom stereocenters. The van der Waals surface area contributed by atoms with Gasteiger partial charge in [-0.1, -0.05) is 22.8 Å². The van der Waals surface area contributed by atoms with Gasteiger partial charge in [-0.25, -0.2) is 0 Å². The summed E-state index contributed by atoms with van der Waals surface area (Å²) >= 11 is 5.98. The van der Waals surface area contributed by atoms with Crippen molar-refractivity contribution in [3.05, 3.63) is 28.8 Å². The molecule has 1 aromatic carbocycles. The lowest BCUT2D eigenvalue weighted by Gasteiger charge is -2.16. The molecule has 0 aromatic heterocycles. The van der Waals surface area contributed by atoms with Crippen molar-refractivity contribution >= 4 is 17.4 Å². The molecule has 0 heterocycles. The fraction of sp³-hybridized carbons (Fsp3) is 0.364. The minimum atomic E-state index is -0.163. The lowest BCUT2D eigenvalue weighted by atomic mass is 10.2. The van der Waals surface area contributed by atoms with Crippen LogP contribution in [0.3, 0.4) is 0 Å². The third-order valence-corrected chi connectivity index (χ3v) is 2.38. The number of oxime groups is 1. The number of benzene rings is 1. The van der Waals surface area contributed by atoms with Gasteiger partial charge in [-0.15, -0.1) is 0 Å². The van der Waals surface area contributed by atoms with E-state index in [4.69, 9.17) is 32.0 Å². The largest absolute Gasteiger partial charge is 0.487 e. The first-order chi connectivity index (χ1) is 8.10. The topological polar surface area (TPSA) is 77.1 Å². The standard InChI is InChI=1S/C11H15ClN2O3/c1-7(6-16-2)17-9-5-3-4-8(12)10(9)11(13)14-15/h3-5,7,15H,6H2,1-2H3,(H2,13,14). The van der Waals surface area contributed by atoms with Gasteiger partial charge in [0.1, 0.15) is 11.9 Å². The van der Waals surface area contributed by atoms with Gasteiger partial charge in [0.15, 0.2) is 5.84 Å². The smallest absolute Gasteiger partial charge is 0.175 e. The van der Waals surface area contributed by atoms with Crippen LogP contribution >= 0.6 is 11.6 Å². The van der Waals surface area contributed by atoms with Crippen molar-refractivity contribution in [3.8, 4) is 5.75 Å². The zero-order valence-corrected chi connectivity index (χ0v) is 10.4. The molecule has 0 saturated heterocycles. The monoisotopic (exact) mass is 258 g/mol. The fourth-order valence-electron chi connectivity index (χ4n) is 1.39. The maximum absolute atomic E-state index is 8.70. The van der Waals surface area contributed by atoms with Crippen molar-refractivity contribution in [2.24, 2.45) is 10.9 Å². The number of ether oxygens (including phenoxy) is 2. The van der Waals surface area contributed by atoms with E-state index in [2.05, 4.69) is 5.16 Å². The minimum Gasteiger partial charge on any atom is -0.487 e. The van der Waals surface area contributed by atoms with Crippen LogP contribution in [-0.2, 0) is 4.74 Å². The zero-order chi connectivity index (χ0) is 12.8. The first-order valence-corrected chi connectivity index (χ1v) is 5.40. The Morgan fingerprint density at radius 2 is 2.29 bits per heavy atom. The molecule has 0 aliphatic rings. The molecule has 3 N–H and O–H groups in total. The lowest BCUT2D eigenvalue weighted by Crippen LogP contribution is -2.21. The van der Waals surface area contributed by atoms with E-state index in [1.165, 1.54) is 0 Å². The van der Waals surface area contributed by atoms with E-state index < -0.39 is 0 Å². The average molecular weight is 259 g/mol. The number of nitrogens with two attached hydrogens (primary N) is 1. The Morgan fingerprint density at radius 1 is 1.59 bits per heavy atom. The second kappa shape index (κ2) is 6.32. The van der Waals surface area contributed by atoms with Crippen molar-refractivity contribution in [2.75, 3.05) is 13.7 Å². The molecule has 0 saturated carbocycles. The first-order valence-electron chi connectivity index (χ1n) is 5.02. The SMILES string of the molecule is COCC(C)Oc1cccc(Cl)c1C(N)=NO. The molecule has 1 rings (SSSR count). The summed E-state index contributed by atoms with van der Waals surface area (Å²) < 4.78 is 10.6. The molecule has 0 aliphatic carbocycles. The van der Waals surface area contributed by atoms with E-state index in [0.717, 1.165) is 0 Å². The van der Waals surface area contributed by atoms with Gasteiger partial charge < -0.3 is 20.4 Å². The van der Waals surface area contributed by atoms with Crippen LogP contribution < -0.4 is 10.5 Å². The number of methoxy groups -OCH3 is 1. The Hall–Kier alpha value is -1.46. The van der Waals surface area contributed by atoms with Gasteiger partial charge in [0, 0.05) is 7.11 Å². The molecule has 0 aliphatic heterocycles. The van der Waals surface area contributed by atoms with Crippen LogP contribution in [0.5, 0.6) is 5.75 Å². The normalized spacial score (nSPS) is 13.5. The highest BCUT2D eigenvalue weighted by Gasteiger charge is 2.14. The van der Waals surface area contributed by atoms with Gasteiger partial charge in [-0.3, -0.25) is 0 Å². The molecule has 6 heteroatoms. The molecule has 0 radical (unpaired) electrons. The second-order valence-corrected chi connectivity index (χ2v) is 3.89. The number of nitrogens with zero attached hydrogens (tertiary/aromatic N) is 1. The molecule has 0 amide bonds. The molecule has 17 heavy (non-hydrogen) atoms. The van der Waals surface area contributed by atoms with Gasteiger partial charge >= 0.3 is 0 Å². The van der Waals surface area contributed by atoms with Gasteiger partial charge in [0.25, 0.3) is 0 Å². The Labute approximate surface area is 105 Å². The molecule has 0 bridgehead atoms. The number of halogens is 1. The van der Waals surface area contributed by atoms with E-state index in [1.54, 1.807) is 25.3 Å². The van der Waals surface area contributed by atoms with Gasteiger partial charge in [0.2, 0.25) is 0 Å². The number of rotatable bonds is 5. The van der Waals surface area contributed by atoms with Crippen molar-refractivity contribution in [1.82, 2.24) is 0 Å². The third kappa shape index (κ3) is 3.51. The molecule has 0 spiro atoms. The second-order valence-electron chi connectivity index (χ2n) is 3.48. The highest BCUT2D eigenvalue weighted by Crippen LogP contribution is 2.27. The number of hydrogen-bond acceptors (Lipinski definition) is 4. The summed E-state index contributed by atoms with van der Waals surface area (Å²) in [5.74, 6) is 0.368. The average Bonchev–Trinajstić information content (AvgIpc) is 2.28. The maximum atomic E-state index is 8.70. The molecule has 1 atom stereocenters. The summed E-state index contributed by atoms with van der Waals surface area (Å²) in [5.41, 5.74) is 5.92. The molecular weight excluding hydrogens is 244 g/mol. The summed E-state index contributed by atoms with van der Waals surface area (Å²) in [7, 11) is 1.59. The summed E-state index contributed by atoms with van der Waals surface area (Å²) in [6.07, 6.45) is -0.163. The van der Waals surface area contributed by atoms with Crippen LogP contribution in [-0.4, -0.2) is 30.9 Å². The van der Waals surface area contributed by atoms with Crippen LogP contribution in [0.2, 0.25) is 5.02 Å². The van der Waals surface area contributed by atoms with E-state index >= 15 is 0 Å². The number of hydrogen-bond donors (Lipinski definition) is 2. The summed E-state index contributed by atoms with van der Waals surface area (Å²) in [5, 5.41) is 12.0. The Bertz CT molecular complexity index is 410. The maximum Gasteiger partial charge on any atom is 0.175 e. The van der Waals surface area contributed by atoms with Gasteiger partial charge in [-0.05, 0) is 19.1 Å². The molecule has 94 valence electrons. The highest BCUT2D eigenvalue weighted by molar-refractivity contribution is 6.34. The summed E-state index contributed by atoms with van der Waals surface area (Å²) in [6.45, 7) is 2.28. The van der Waals surface area contributed by atoms with Crippen molar-refractivity contribution < 1.29 is 14.7 Å². The van der Waals surface area contributed by atoms with E-state index in [0.29, 0.717) is 22.9 Å². The first kappa shape index (κ1) is 13.6. The van der Waals surface area contributed by atoms with Crippen molar-refractivity contribution in [3.63, 3.8) is 0 Å². The molecule has 0 fully saturated rings. The van der Waals surface area contributed by atoms with E-state index in [9.17, 15) is 0 Å². The third-order valence-electron chi connectivity index (χ3n) is 2.07. The van der Waals surface area contributed by atoms with Crippen LogP contribution in [0.15, 0.2) is 23.4 Å². The Balaban J connectivity index is 3.03. The Kier molecular flexibility index (Phi) is 5.06.